The summed E-state index contributed by atoms with van der Waals surface area (Å²) in [5.74, 6) is 1.68. The average Bonchev–Trinajstić information content (AvgIpc) is 3.29. The van der Waals surface area contributed by atoms with Gasteiger partial charge in [0.25, 0.3) is 0 Å². The monoisotopic (exact) mass is 383 g/mol. The molecule has 0 saturated heterocycles. The molecule has 0 aliphatic heterocycles. The van der Waals surface area contributed by atoms with Crippen LogP contribution in [0, 0.1) is 0 Å². The second kappa shape index (κ2) is 8.88. The molecule has 1 unspecified atom stereocenters. The first-order chi connectivity index (χ1) is 13.5. The Bertz CT molecular complexity index is 892. The first-order valence-corrected chi connectivity index (χ1v) is 9.65. The van der Waals surface area contributed by atoms with Gasteiger partial charge >= 0.3 is 0 Å². The van der Waals surface area contributed by atoms with Crippen LogP contribution >= 0.6 is 0 Å². The van der Waals surface area contributed by atoms with E-state index in [1.165, 1.54) is 0 Å². The van der Waals surface area contributed by atoms with Crippen molar-refractivity contribution in [2.75, 3.05) is 19.6 Å². The number of aliphatic imine (C=N–C) groups is 1. The van der Waals surface area contributed by atoms with Crippen LogP contribution < -0.4 is 10.6 Å². The fourth-order valence-corrected chi connectivity index (χ4v) is 2.95. The van der Waals surface area contributed by atoms with E-state index >= 15 is 0 Å². The quantitative estimate of drug-likeness (QED) is 0.269. The van der Waals surface area contributed by atoms with Crippen LogP contribution in [0.15, 0.2) is 41.7 Å². The number of aromatic amines is 1. The van der Waals surface area contributed by atoms with Crippen molar-refractivity contribution >= 4 is 17.0 Å². The van der Waals surface area contributed by atoms with Crippen LogP contribution in [0.5, 0.6) is 0 Å². The molecule has 28 heavy (non-hydrogen) atoms. The van der Waals surface area contributed by atoms with Crippen molar-refractivity contribution in [2.45, 2.75) is 32.3 Å². The van der Waals surface area contributed by atoms with Gasteiger partial charge in [-0.3, -0.25) is 4.68 Å². The molecule has 0 fully saturated rings. The maximum atomic E-state index is 10.7. The van der Waals surface area contributed by atoms with Crippen molar-refractivity contribution in [1.82, 2.24) is 30.4 Å². The van der Waals surface area contributed by atoms with Crippen LogP contribution in [0.1, 0.15) is 31.7 Å². The Morgan fingerprint density at radius 2 is 2.14 bits per heavy atom. The summed E-state index contributed by atoms with van der Waals surface area (Å²) in [4.78, 5) is 12.5. The van der Waals surface area contributed by atoms with Gasteiger partial charge in [0, 0.05) is 38.3 Å². The fourth-order valence-electron chi connectivity index (χ4n) is 2.95. The third-order valence-corrected chi connectivity index (χ3v) is 4.54. The lowest BCUT2D eigenvalue weighted by molar-refractivity contribution is 0.0672. The minimum Gasteiger partial charge on any atom is -0.383 e. The summed E-state index contributed by atoms with van der Waals surface area (Å²) in [6.45, 7) is 5.53. The van der Waals surface area contributed by atoms with E-state index in [0.717, 1.165) is 48.4 Å². The molecule has 3 aromatic rings. The number of nitrogens with one attached hydrogen (secondary N) is 3. The van der Waals surface area contributed by atoms with Gasteiger partial charge in [0.1, 0.15) is 11.4 Å². The summed E-state index contributed by atoms with van der Waals surface area (Å²) in [6, 6.07) is 8.05. The minimum atomic E-state index is -1.06. The van der Waals surface area contributed by atoms with Crippen LogP contribution in [0.25, 0.3) is 11.0 Å². The normalized spacial score (nSPS) is 14.2. The first-order valence-electron chi connectivity index (χ1n) is 9.65. The SMILES string of the molecule is CCNC(=NCC(C)(O)c1cnn(C)c1)NCCCc1nc2ccccc2[nH]1. The molecule has 0 radical (unpaired) electrons. The molecule has 3 rings (SSSR count). The van der Waals surface area contributed by atoms with Crippen LogP contribution in [0.4, 0.5) is 0 Å². The third kappa shape index (κ3) is 5.10. The molecule has 0 saturated carbocycles. The Hall–Kier alpha value is -2.87. The van der Waals surface area contributed by atoms with Crippen molar-refractivity contribution in [3.63, 3.8) is 0 Å². The smallest absolute Gasteiger partial charge is 0.191 e. The largest absolute Gasteiger partial charge is 0.383 e. The van der Waals surface area contributed by atoms with Crippen LogP contribution in [0.2, 0.25) is 0 Å². The number of fused-ring (bicyclic) bond motifs is 1. The Kier molecular flexibility index (Phi) is 6.30. The van der Waals surface area contributed by atoms with Crippen LogP contribution in [-0.2, 0) is 19.1 Å². The topological polar surface area (TPSA) is 103 Å². The van der Waals surface area contributed by atoms with Gasteiger partial charge < -0.3 is 20.7 Å². The summed E-state index contributed by atoms with van der Waals surface area (Å²) < 4.78 is 1.68. The van der Waals surface area contributed by atoms with Gasteiger partial charge in [0.05, 0.1) is 23.8 Å². The van der Waals surface area contributed by atoms with Crippen molar-refractivity contribution in [2.24, 2.45) is 12.0 Å². The second-order valence-corrected chi connectivity index (χ2v) is 7.10. The number of aliphatic hydroxyl groups is 1. The highest BCUT2D eigenvalue weighted by Gasteiger charge is 2.24. The molecule has 4 N–H and O–H groups in total. The van der Waals surface area contributed by atoms with E-state index in [1.54, 1.807) is 17.8 Å². The van der Waals surface area contributed by atoms with E-state index in [2.05, 4.69) is 30.7 Å². The minimum absolute atomic E-state index is 0.248. The summed E-state index contributed by atoms with van der Waals surface area (Å²) in [7, 11) is 1.83. The Morgan fingerprint density at radius 3 is 2.86 bits per heavy atom. The van der Waals surface area contributed by atoms with Crippen molar-refractivity contribution < 1.29 is 5.11 Å². The molecule has 150 valence electrons. The summed E-state index contributed by atoms with van der Waals surface area (Å²) in [5, 5.41) is 21.3. The number of imidazole rings is 1. The van der Waals surface area contributed by atoms with E-state index in [-0.39, 0.29) is 6.54 Å². The van der Waals surface area contributed by atoms with Crippen molar-refractivity contribution in [3.05, 3.63) is 48.0 Å². The lowest BCUT2D eigenvalue weighted by Crippen LogP contribution is -2.39. The number of H-pyrrole nitrogens is 1. The standard InChI is InChI=1S/C20H29N7O/c1-4-21-19(23-14-20(2,28)15-12-24-27(3)13-15)22-11-7-10-18-25-16-8-5-6-9-17(16)26-18/h5-6,8-9,12-13,28H,4,7,10-11,14H2,1-3H3,(H,25,26)(H2,21,22,23). The average molecular weight is 384 g/mol. The maximum Gasteiger partial charge on any atom is 0.191 e. The summed E-state index contributed by atoms with van der Waals surface area (Å²) in [5.41, 5.74) is 1.75. The molecular formula is C20H29N7O. The van der Waals surface area contributed by atoms with Gasteiger partial charge in [-0.2, -0.15) is 5.10 Å². The number of nitrogens with zero attached hydrogens (tertiary/aromatic N) is 4. The molecular weight excluding hydrogens is 354 g/mol. The van der Waals surface area contributed by atoms with Gasteiger partial charge in [-0.05, 0) is 32.4 Å². The van der Waals surface area contributed by atoms with E-state index in [9.17, 15) is 5.11 Å². The van der Waals surface area contributed by atoms with Gasteiger partial charge in [-0.25, -0.2) is 9.98 Å². The molecule has 2 aromatic heterocycles. The lowest BCUT2D eigenvalue weighted by atomic mass is 10.0. The number of hydrogen-bond donors (Lipinski definition) is 4. The molecule has 0 spiro atoms. The highest BCUT2D eigenvalue weighted by atomic mass is 16.3. The number of aromatic nitrogens is 4. The van der Waals surface area contributed by atoms with Gasteiger partial charge in [0.2, 0.25) is 0 Å². The Balaban J connectivity index is 1.51. The van der Waals surface area contributed by atoms with Crippen LogP contribution in [0.3, 0.4) is 0 Å². The van der Waals surface area contributed by atoms with Gasteiger partial charge in [-0.15, -0.1) is 0 Å². The molecule has 0 bridgehead atoms. The first kappa shape index (κ1) is 19.9. The zero-order chi connectivity index (χ0) is 20.0. The van der Waals surface area contributed by atoms with Crippen LogP contribution in [-0.4, -0.2) is 50.4 Å². The number of para-hydroxylation sites is 2. The number of guanidine groups is 1. The molecule has 1 atom stereocenters. The summed E-state index contributed by atoms with van der Waals surface area (Å²) in [6.07, 6.45) is 5.25. The molecule has 1 aromatic carbocycles. The highest BCUT2D eigenvalue weighted by molar-refractivity contribution is 5.79. The molecule has 8 heteroatoms. The molecule has 8 nitrogen and oxygen atoms in total. The van der Waals surface area contributed by atoms with Gasteiger partial charge in [0.15, 0.2) is 5.96 Å². The van der Waals surface area contributed by atoms with E-state index in [4.69, 9.17) is 0 Å². The summed E-state index contributed by atoms with van der Waals surface area (Å²) >= 11 is 0. The van der Waals surface area contributed by atoms with Crippen molar-refractivity contribution in [3.8, 4) is 0 Å². The molecule has 2 heterocycles. The Labute approximate surface area is 165 Å². The van der Waals surface area contributed by atoms with E-state index in [0.29, 0.717) is 5.96 Å². The number of aryl methyl sites for hydroxylation is 2. The zero-order valence-electron chi connectivity index (χ0n) is 16.7. The zero-order valence-corrected chi connectivity index (χ0v) is 16.7. The van der Waals surface area contributed by atoms with E-state index < -0.39 is 5.60 Å². The lowest BCUT2D eigenvalue weighted by Gasteiger charge is -2.20. The predicted molar refractivity (Wildman–Crippen MR) is 111 cm³/mol. The van der Waals surface area contributed by atoms with Crippen molar-refractivity contribution in [1.29, 1.82) is 0 Å². The maximum absolute atomic E-state index is 10.7. The van der Waals surface area contributed by atoms with Gasteiger partial charge in [-0.1, -0.05) is 12.1 Å². The number of hydrogen-bond acceptors (Lipinski definition) is 4. The Morgan fingerprint density at radius 1 is 1.32 bits per heavy atom. The number of benzene rings is 1. The second-order valence-electron chi connectivity index (χ2n) is 7.10. The number of rotatable bonds is 8. The molecule has 0 aliphatic rings. The highest BCUT2D eigenvalue weighted by Crippen LogP contribution is 2.19. The molecule has 0 amide bonds. The van der Waals surface area contributed by atoms with E-state index in [1.807, 2.05) is 44.4 Å². The predicted octanol–water partition coefficient (Wildman–Crippen LogP) is 1.69. The molecule has 0 aliphatic carbocycles. The third-order valence-electron chi connectivity index (χ3n) is 4.54. The fraction of sp³-hybridized carbons (Fsp3) is 0.450.